The maximum atomic E-state index is 12.3. The molecule has 106 valence electrons. The minimum absolute atomic E-state index is 0.0220. The van der Waals surface area contributed by atoms with Crippen molar-refractivity contribution < 1.29 is 19.1 Å². The maximum Gasteiger partial charge on any atom is 0.312 e. The number of hydrogen-bond donors (Lipinski definition) is 0. The highest BCUT2D eigenvalue weighted by molar-refractivity contribution is 5.79. The van der Waals surface area contributed by atoms with Crippen molar-refractivity contribution in [1.82, 2.24) is 0 Å². The summed E-state index contributed by atoms with van der Waals surface area (Å²) in [6.07, 6.45) is 2.21. The lowest BCUT2D eigenvalue weighted by Crippen LogP contribution is -2.43. The molecule has 0 amide bonds. The van der Waals surface area contributed by atoms with Crippen LogP contribution in [0.3, 0.4) is 0 Å². The molecule has 0 N–H and O–H groups in total. The molecule has 5 unspecified atom stereocenters. The number of carbonyl (C=O) groups excluding carboxylic acids is 2. The Balaban J connectivity index is 1.83. The van der Waals surface area contributed by atoms with Gasteiger partial charge in [-0.2, -0.15) is 0 Å². The average molecular weight is 266 g/mol. The fourth-order valence-corrected chi connectivity index (χ4v) is 3.91. The molecule has 3 aliphatic rings. The first-order valence-electron chi connectivity index (χ1n) is 7.25. The number of carbonyl (C=O) groups is 2. The number of esters is 2. The third-order valence-electron chi connectivity index (χ3n) is 5.71. The molecule has 0 aromatic carbocycles. The van der Waals surface area contributed by atoms with Gasteiger partial charge in [0.15, 0.2) is 0 Å². The number of ether oxygens (including phenoxy) is 2. The molecule has 19 heavy (non-hydrogen) atoms. The molecule has 2 bridgehead atoms. The first-order chi connectivity index (χ1) is 8.81. The summed E-state index contributed by atoms with van der Waals surface area (Å²) in [7, 11) is 0. The van der Waals surface area contributed by atoms with E-state index in [4.69, 9.17) is 9.47 Å². The summed E-state index contributed by atoms with van der Waals surface area (Å²) in [5.41, 5.74) is -0.922. The van der Waals surface area contributed by atoms with Crippen LogP contribution < -0.4 is 0 Å². The first-order valence-corrected chi connectivity index (χ1v) is 7.25. The number of fused-ring (bicyclic) bond motifs is 1. The second-order valence-corrected chi connectivity index (χ2v) is 7.05. The molecule has 1 saturated heterocycles. The minimum atomic E-state index is -0.463. The summed E-state index contributed by atoms with van der Waals surface area (Å²) < 4.78 is 11.3. The lowest BCUT2D eigenvalue weighted by Gasteiger charge is -2.36. The van der Waals surface area contributed by atoms with E-state index in [2.05, 4.69) is 0 Å². The van der Waals surface area contributed by atoms with Crippen molar-refractivity contribution >= 4 is 11.9 Å². The molecule has 0 radical (unpaired) electrons. The SMILES string of the molecule is CCC(C)(C)C(=O)OC12CC3OC(=O)C(C3C1)C2C. The quantitative estimate of drug-likeness (QED) is 0.736. The van der Waals surface area contributed by atoms with Gasteiger partial charge in [0.05, 0.1) is 11.3 Å². The van der Waals surface area contributed by atoms with E-state index in [9.17, 15) is 9.59 Å². The van der Waals surface area contributed by atoms with E-state index in [1.807, 2.05) is 27.7 Å². The lowest BCUT2D eigenvalue weighted by atomic mass is 9.78. The Hall–Kier alpha value is -1.06. The molecule has 2 saturated carbocycles. The van der Waals surface area contributed by atoms with Gasteiger partial charge < -0.3 is 9.47 Å². The number of rotatable bonds is 3. The van der Waals surface area contributed by atoms with Crippen molar-refractivity contribution in [1.29, 1.82) is 0 Å². The van der Waals surface area contributed by atoms with Crippen LogP contribution in [0.15, 0.2) is 0 Å². The zero-order valence-electron chi connectivity index (χ0n) is 12.1. The predicted molar refractivity (Wildman–Crippen MR) is 68.2 cm³/mol. The van der Waals surface area contributed by atoms with Crippen LogP contribution in [0.5, 0.6) is 0 Å². The van der Waals surface area contributed by atoms with Gasteiger partial charge >= 0.3 is 11.9 Å². The minimum Gasteiger partial charge on any atom is -0.462 e. The Morgan fingerprint density at radius 3 is 2.74 bits per heavy atom. The van der Waals surface area contributed by atoms with Crippen LogP contribution >= 0.6 is 0 Å². The molecular formula is C15H22O4. The molecule has 0 aromatic heterocycles. The third-order valence-corrected chi connectivity index (χ3v) is 5.71. The van der Waals surface area contributed by atoms with Crippen molar-refractivity contribution in [3.8, 4) is 0 Å². The van der Waals surface area contributed by atoms with E-state index >= 15 is 0 Å². The van der Waals surface area contributed by atoms with Gasteiger partial charge in [0, 0.05) is 18.3 Å². The maximum absolute atomic E-state index is 12.3. The fraction of sp³-hybridized carbons (Fsp3) is 0.867. The molecule has 3 fully saturated rings. The molecular weight excluding hydrogens is 244 g/mol. The van der Waals surface area contributed by atoms with Crippen molar-refractivity contribution in [2.24, 2.45) is 23.2 Å². The van der Waals surface area contributed by atoms with Crippen molar-refractivity contribution in [3.05, 3.63) is 0 Å². The van der Waals surface area contributed by atoms with Gasteiger partial charge in [0.2, 0.25) is 0 Å². The van der Waals surface area contributed by atoms with Crippen LogP contribution in [-0.4, -0.2) is 23.6 Å². The summed E-state index contributed by atoms with van der Waals surface area (Å²) in [5.74, 6) is 0.0561. The van der Waals surface area contributed by atoms with Crippen molar-refractivity contribution in [2.45, 2.75) is 58.7 Å². The Morgan fingerprint density at radius 1 is 1.47 bits per heavy atom. The monoisotopic (exact) mass is 266 g/mol. The molecule has 0 aromatic rings. The van der Waals surface area contributed by atoms with Crippen LogP contribution in [0, 0.1) is 23.2 Å². The standard InChI is InChI=1S/C15H22O4/c1-5-14(3,4)13(17)19-15-6-9-10(7-15)18-12(16)11(9)8(15)2/h8-11H,5-7H2,1-4H3. The van der Waals surface area contributed by atoms with Crippen LogP contribution in [0.25, 0.3) is 0 Å². The van der Waals surface area contributed by atoms with Gasteiger partial charge in [-0.1, -0.05) is 13.8 Å². The Morgan fingerprint density at radius 2 is 2.16 bits per heavy atom. The summed E-state index contributed by atoms with van der Waals surface area (Å²) in [5, 5.41) is 0. The molecule has 1 aliphatic heterocycles. The smallest absolute Gasteiger partial charge is 0.312 e. The molecule has 4 nitrogen and oxygen atoms in total. The van der Waals surface area contributed by atoms with Crippen LogP contribution in [0.1, 0.15) is 47.0 Å². The Kier molecular flexibility index (Phi) is 2.55. The van der Waals surface area contributed by atoms with Gasteiger partial charge in [-0.3, -0.25) is 9.59 Å². The van der Waals surface area contributed by atoms with E-state index in [-0.39, 0.29) is 35.8 Å². The number of hydrogen-bond acceptors (Lipinski definition) is 4. The van der Waals surface area contributed by atoms with Gasteiger partial charge in [-0.05, 0) is 26.7 Å². The lowest BCUT2D eigenvalue weighted by molar-refractivity contribution is -0.175. The van der Waals surface area contributed by atoms with Gasteiger partial charge in [0.1, 0.15) is 11.7 Å². The molecule has 0 spiro atoms. The fourth-order valence-electron chi connectivity index (χ4n) is 3.91. The summed E-state index contributed by atoms with van der Waals surface area (Å²) in [6.45, 7) is 7.84. The zero-order valence-corrected chi connectivity index (χ0v) is 12.1. The van der Waals surface area contributed by atoms with E-state index in [0.29, 0.717) is 6.42 Å². The normalized spacial score (nSPS) is 43.5. The second-order valence-electron chi connectivity index (χ2n) is 7.05. The zero-order chi connectivity index (χ0) is 14.0. The van der Waals surface area contributed by atoms with E-state index < -0.39 is 11.0 Å². The second kappa shape index (κ2) is 3.74. The molecule has 2 aliphatic carbocycles. The Labute approximate surface area is 113 Å². The first kappa shape index (κ1) is 12.9. The molecule has 3 rings (SSSR count). The van der Waals surface area contributed by atoms with E-state index in [1.165, 1.54) is 0 Å². The largest absolute Gasteiger partial charge is 0.462 e. The van der Waals surface area contributed by atoms with Crippen LogP contribution in [-0.2, 0) is 19.1 Å². The summed E-state index contributed by atoms with van der Waals surface area (Å²) in [4.78, 5) is 24.2. The molecule has 1 heterocycles. The Bertz CT molecular complexity index is 437. The van der Waals surface area contributed by atoms with Gasteiger partial charge in [0.25, 0.3) is 0 Å². The average Bonchev–Trinajstić information content (AvgIpc) is 2.88. The van der Waals surface area contributed by atoms with E-state index in [1.54, 1.807) is 0 Å². The van der Waals surface area contributed by atoms with E-state index in [0.717, 1.165) is 12.8 Å². The molecule has 4 heteroatoms. The predicted octanol–water partition coefficient (Wildman–Crippen LogP) is 2.31. The highest BCUT2D eigenvalue weighted by Crippen LogP contribution is 2.61. The van der Waals surface area contributed by atoms with Crippen LogP contribution in [0.4, 0.5) is 0 Å². The highest BCUT2D eigenvalue weighted by Gasteiger charge is 2.69. The topological polar surface area (TPSA) is 52.6 Å². The van der Waals surface area contributed by atoms with Crippen molar-refractivity contribution in [3.63, 3.8) is 0 Å². The summed E-state index contributed by atoms with van der Waals surface area (Å²) >= 11 is 0. The van der Waals surface area contributed by atoms with Crippen LogP contribution in [0.2, 0.25) is 0 Å². The molecule has 5 atom stereocenters. The van der Waals surface area contributed by atoms with Gasteiger partial charge in [-0.25, -0.2) is 0 Å². The van der Waals surface area contributed by atoms with Crippen molar-refractivity contribution in [2.75, 3.05) is 0 Å². The third kappa shape index (κ3) is 1.58. The highest BCUT2D eigenvalue weighted by atomic mass is 16.6. The summed E-state index contributed by atoms with van der Waals surface area (Å²) in [6, 6.07) is 0. The van der Waals surface area contributed by atoms with Gasteiger partial charge in [-0.15, -0.1) is 0 Å².